The second kappa shape index (κ2) is 12.7. The lowest BCUT2D eigenvalue weighted by molar-refractivity contribution is -0.538. The van der Waals surface area contributed by atoms with Crippen LogP contribution in [0, 0.1) is 0 Å². The molecule has 200 valence electrons. The van der Waals surface area contributed by atoms with Crippen LogP contribution in [0.5, 0.6) is 0 Å². The number of hydrogen-bond acceptors (Lipinski definition) is 6. The number of para-hydroxylation sites is 1. The summed E-state index contributed by atoms with van der Waals surface area (Å²) >= 11 is 0. The highest BCUT2D eigenvalue weighted by Gasteiger charge is 2.21. The first kappa shape index (κ1) is 28.0. The van der Waals surface area contributed by atoms with Gasteiger partial charge in [-0.15, -0.1) is 4.57 Å². The summed E-state index contributed by atoms with van der Waals surface area (Å²) in [6, 6.07) is 31.0. The number of fused-ring (bicyclic) bond motifs is 2. The predicted molar refractivity (Wildman–Crippen MR) is 157 cm³/mol. The molecule has 0 atom stereocenters. The number of nitrogens with zero attached hydrogens (tertiary/aromatic N) is 6. The molecule has 0 amide bonds. The van der Waals surface area contributed by atoms with Gasteiger partial charge >= 0.3 is 0 Å². The molecule has 8 heteroatoms. The molecule has 4 aromatic carbocycles. The number of halogens is 1. The standard InChI is InChI=1S/C31H34N7.ClH/c1-4-37(5-2)27-16-18-29-31(22-27)38(26-9-7-6-8-10-26)30-21-24(13-17-28(30)33-29)35-34-23-11-14-25(15-12-23)36(3)20-19-32;/h6-18,21-22H,4-5,19-20,32H2,1-3H3;1H/q+1;/p-1. The Kier molecular flexibility index (Phi) is 9.07. The van der Waals surface area contributed by atoms with Crippen molar-refractivity contribution in [3.63, 3.8) is 0 Å². The molecule has 0 saturated heterocycles. The number of likely N-dealkylation sites (N-methyl/N-ethyl adjacent to an activating group) is 1. The molecule has 39 heavy (non-hydrogen) atoms. The van der Waals surface area contributed by atoms with Gasteiger partial charge in [0.05, 0.1) is 11.4 Å². The van der Waals surface area contributed by atoms with Crippen LogP contribution in [0.3, 0.4) is 0 Å². The maximum absolute atomic E-state index is 5.68. The van der Waals surface area contributed by atoms with Crippen LogP contribution < -0.4 is 32.5 Å². The highest BCUT2D eigenvalue weighted by Crippen LogP contribution is 2.27. The monoisotopic (exact) mass is 539 g/mol. The van der Waals surface area contributed by atoms with E-state index in [-0.39, 0.29) is 12.4 Å². The lowest BCUT2D eigenvalue weighted by Gasteiger charge is -2.20. The Labute approximate surface area is 236 Å². The van der Waals surface area contributed by atoms with Gasteiger partial charge in [0.15, 0.2) is 0 Å². The maximum Gasteiger partial charge on any atom is 0.239 e. The number of aromatic nitrogens is 2. The summed E-state index contributed by atoms with van der Waals surface area (Å²) < 4.78 is 2.27. The van der Waals surface area contributed by atoms with Crippen LogP contribution in [-0.2, 0) is 0 Å². The summed E-state index contributed by atoms with van der Waals surface area (Å²) in [6.45, 7) is 7.68. The van der Waals surface area contributed by atoms with E-state index >= 15 is 0 Å². The largest absolute Gasteiger partial charge is 1.00 e. The first-order chi connectivity index (χ1) is 18.6. The van der Waals surface area contributed by atoms with Crippen molar-refractivity contribution in [2.45, 2.75) is 13.8 Å². The fourth-order valence-corrected chi connectivity index (χ4v) is 4.75. The van der Waals surface area contributed by atoms with Crippen LogP contribution in [0.2, 0.25) is 0 Å². The maximum atomic E-state index is 5.68. The van der Waals surface area contributed by atoms with Crippen molar-refractivity contribution in [2.24, 2.45) is 16.0 Å². The van der Waals surface area contributed by atoms with E-state index in [9.17, 15) is 0 Å². The lowest BCUT2D eigenvalue weighted by atomic mass is 10.1. The van der Waals surface area contributed by atoms with Crippen LogP contribution in [0.15, 0.2) is 101 Å². The van der Waals surface area contributed by atoms with E-state index in [1.54, 1.807) is 0 Å². The molecule has 0 saturated carbocycles. The van der Waals surface area contributed by atoms with Crippen LogP contribution in [-0.4, -0.2) is 38.2 Å². The van der Waals surface area contributed by atoms with E-state index in [2.05, 4.69) is 87.0 Å². The third-order valence-electron chi connectivity index (χ3n) is 6.82. The van der Waals surface area contributed by atoms with Crippen molar-refractivity contribution in [3.8, 4) is 5.69 Å². The van der Waals surface area contributed by atoms with Gasteiger partial charge in [0.25, 0.3) is 0 Å². The van der Waals surface area contributed by atoms with Crippen LogP contribution in [0.1, 0.15) is 13.8 Å². The van der Waals surface area contributed by atoms with Gasteiger partial charge in [0.2, 0.25) is 16.7 Å². The van der Waals surface area contributed by atoms with Crippen molar-refractivity contribution in [1.29, 1.82) is 0 Å². The first-order valence-electron chi connectivity index (χ1n) is 13.1. The van der Waals surface area contributed by atoms with Gasteiger partial charge in [-0.05, 0) is 62.4 Å². The SMILES string of the molecule is CCN(CC)c1ccc2nc3ccc(N=Nc4ccc(N(C)CCN)cc4)cc3[n+](-c3ccccc3)c2c1.[Cl-]. The van der Waals surface area contributed by atoms with Gasteiger partial charge in [0.1, 0.15) is 11.0 Å². The summed E-state index contributed by atoms with van der Waals surface area (Å²) in [5.74, 6) is 0. The Morgan fingerprint density at radius 2 is 1.33 bits per heavy atom. The molecule has 5 aromatic rings. The molecule has 0 unspecified atom stereocenters. The van der Waals surface area contributed by atoms with E-state index in [1.165, 1.54) is 5.69 Å². The molecule has 0 fully saturated rings. The Hall–Kier alpha value is -4.07. The Bertz CT molecular complexity index is 1570. The van der Waals surface area contributed by atoms with E-state index in [0.717, 1.165) is 64.5 Å². The predicted octanol–water partition coefficient (Wildman–Crippen LogP) is 3.33. The zero-order chi connectivity index (χ0) is 26.5. The summed E-state index contributed by atoms with van der Waals surface area (Å²) in [5, 5.41) is 9.07. The fraction of sp³-hybridized carbons (Fsp3) is 0.226. The fourth-order valence-electron chi connectivity index (χ4n) is 4.75. The minimum Gasteiger partial charge on any atom is -1.00 e. The second-order valence-corrected chi connectivity index (χ2v) is 9.23. The number of hydrogen-bond donors (Lipinski definition) is 1. The number of anilines is 2. The molecule has 0 bridgehead atoms. The molecule has 5 rings (SSSR count). The third-order valence-corrected chi connectivity index (χ3v) is 6.82. The number of nitrogens with two attached hydrogens (primary N) is 1. The number of rotatable bonds is 9. The van der Waals surface area contributed by atoms with Crippen LogP contribution in [0.25, 0.3) is 27.8 Å². The summed E-state index contributed by atoms with van der Waals surface area (Å²) in [4.78, 5) is 9.46. The highest BCUT2D eigenvalue weighted by atomic mass is 35.5. The van der Waals surface area contributed by atoms with Crippen LogP contribution in [0.4, 0.5) is 22.7 Å². The van der Waals surface area contributed by atoms with Gasteiger partial charge in [-0.3, -0.25) is 0 Å². The highest BCUT2D eigenvalue weighted by molar-refractivity contribution is 5.85. The van der Waals surface area contributed by atoms with Crippen molar-refractivity contribution in [1.82, 2.24) is 4.98 Å². The Morgan fingerprint density at radius 1 is 0.744 bits per heavy atom. The molecule has 0 spiro atoms. The van der Waals surface area contributed by atoms with E-state index < -0.39 is 0 Å². The third kappa shape index (κ3) is 6.00. The second-order valence-electron chi connectivity index (χ2n) is 9.23. The zero-order valence-corrected chi connectivity index (χ0v) is 23.4. The van der Waals surface area contributed by atoms with Crippen molar-refractivity contribution < 1.29 is 17.0 Å². The number of azo groups is 1. The zero-order valence-electron chi connectivity index (χ0n) is 22.6. The smallest absolute Gasteiger partial charge is 0.239 e. The average molecular weight is 540 g/mol. The molecular formula is C31H34ClN7. The van der Waals surface area contributed by atoms with Crippen LogP contribution >= 0.6 is 0 Å². The molecule has 7 nitrogen and oxygen atoms in total. The van der Waals surface area contributed by atoms with Crippen molar-refractivity contribution >= 4 is 44.8 Å². The molecule has 1 heterocycles. The normalized spacial score (nSPS) is 11.2. The molecule has 0 aliphatic carbocycles. The molecule has 1 aromatic heterocycles. The Balaban J connectivity index is 0.00000353. The minimum atomic E-state index is 0. The molecular weight excluding hydrogens is 506 g/mol. The van der Waals surface area contributed by atoms with Gasteiger partial charge in [-0.2, -0.15) is 10.2 Å². The van der Waals surface area contributed by atoms with Gasteiger partial charge in [-0.1, -0.05) is 18.2 Å². The first-order valence-corrected chi connectivity index (χ1v) is 13.1. The quantitative estimate of drug-likeness (QED) is 0.177. The van der Waals surface area contributed by atoms with Crippen molar-refractivity contribution in [3.05, 3.63) is 91.0 Å². The molecule has 0 radical (unpaired) electrons. The Morgan fingerprint density at radius 3 is 2.00 bits per heavy atom. The van der Waals surface area contributed by atoms with E-state index in [1.807, 2.05) is 49.5 Å². The van der Waals surface area contributed by atoms with E-state index in [4.69, 9.17) is 10.7 Å². The average Bonchev–Trinajstić information content (AvgIpc) is 2.96. The van der Waals surface area contributed by atoms with Gasteiger partial charge < -0.3 is 27.9 Å². The summed E-state index contributed by atoms with van der Waals surface area (Å²) in [7, 11) is 2.03. The lowest BCUT2D eigenvalue weighted by Crippen LogP contribution is -3.00. The topological polar surface area (TPSA) is 74.0 Å². The summed E-state index contributed by atoms with van der Waals surface area (Å²) in [5.41, 5.74) is 14.5. The minimum absolute atomic E-state index is 0. The molecule has 0 aliphatic heterocycles. The van der Waals surface area contributed by atoms with Gasteiger partial charge in [-0.25, -0.2) is 4.98 Å². The van der Waals surface area contributed by atoms with Crippen molar-refractivity contribution in [2.75, 3.05) is 43.0 Å². The number of benzene rings is 4. The summed E-state index contributed by atoms with van der Waals surface area (Å²) in [6.07, 6.45) is 0. The molecule has 0 aliphatic rings. The van der Waals surface area contributed by atoms with Gasteiger partial charge in [0, 0.05) is 68.9 Å². The van der Waals surface area contributed by atoms with E-state index in [0.29, 0.717) is 6.54 Å². The molecule has 2 N–H and O–H groups in total.